The van der Waals surface area contributed by atoms with Crippen molar-refractivity contribution in [1.29, 1.82) is 0 Å². The number of hydrogen-bond donors (Lipinski definition) is 3. The summed E-state index contributed by atoms with van der Waals surface area (Å²) >= 11 is 0. The van der Waals surface area contributed by atoms with E-state index >= 15 is 0 Å². The molecule has 12 nitrogen and oxygen atoms in total. The highest BCUT2D eigenvalue weighted by Gasteiger charge is 2.44. The van der Waals surface area contributed by atoms with Crippen molar-refractivity contribution in [3.8, 4) is 5.75 Å². The first-order valence-corrected chi connectivity index (χ1v) is 9.87. The molecule has 1 aromatic carbocycles. The van der Waals surface area contributed by atoms with Crippen LogP contribution in [0.3, 0.4) is 0 Å². The van der Waals surface area contributed by atoms with Gasteiger partial charge in [0.2, 0.25) is 11.9 Å². The first-order chi connectivity index (χ1) is 13.1. The molecule has 1 aliphatic heterocycles. The Morgan fingerprint density at radius 1 is 1.29 bits per heavy atom. The molecule has 0 radical (unpaired) electrons. The van der Waals surface area contributed by atoms with Gasteiger partial charge in [0.1, 0.15) is 11.4 Å². The normalized spacial score (nSPS) is 19.1. The van der Waals surface area contributed by atoms with Crippen molar-refractivity contribution < 1.29 is 22.6 Å². The number of nitrogens with zero attached hydrogens (tertiary/aromatic N) is 4. The van der Waals surface area contributed by atoms with Gasteiger partial charge in [0.25, 0.3) is 5.69 Å². The Bertz CT molecular complexity index is 983. The molecule has 28 heavy (non-hydrogen) atoms. The molecule has 1 saturated carbocycles. The monoisotopic (exact) mass is 412 g/mol. The zero-order valence-electron chi connectivity index (χ0n) is 15.0. The van der Waals surface area contributed by atoms with Gasteiger partial charge < -0.3 is 16.2 Å². The van der Waals surface area contributed by atoms with Crippen LogP contribution in [0.15, 0.2) is 27.0 Å². The minimum Gasteiger partial charge on any atom is -0.494 e. The predicted octanol–water partition coefficient (Wildman–Crippen LogP) is 0.960. The highest BCUT2D eigenvalue weighted by atomic mass is 32.2. The molecule has 1 heterocycles. The number of guanidine groups is 2. The molecule has 1 fully saturated rings. The molecular weight excluding hydrogens is 392 g/mol. The number of aliphatic imine (C=N–C) groups is 2. The smallest absolute Gasteiger partial charge is 0.301 e. The summed E-state index contributed by atoms with van der Waals surface area (Å²) in [5, 5.41) is 11.3. The minimum absolute atomic E-state index is 0.00784. The van der Waals surface area contributed by atoms with Crippen molar-refractivity contribution in [3.05, 3.63) is 22.2 Å². The second-order valence-electron chi connectivity index (χ2n) is 6.54. The molecule has 0 amide bonds. The number of rotatable bonds is 4. The number of nitrogens with two attached hydrogens (primary N) is 2. The summed E-state index contributed by atoms with van der Waals surface area (Å²) in [5.74, 6) is -0.0766. The van der Waals surface area contributed by atoms with Crippen LogP contribution in [0, 0.1) is 10.1 Å². The SMILES string of the molecule is COc1cc([N+](=O)[O-])c(S(=O)(=O)O)cc1N1C(N)=NC(N)=NC12CCCCC2. The number of methoxy groups -OCH3 is 1. The van der Waals surface area contributed by atoms with E-state index in [-0.39, 0.29) is 23.4 Å². The summed E-state index contributed by atoms with van der Waals surface area (Å²) < 4.78 is 38.3. The third-order valence-electron chi connectivity index (χ3n) is 4.83. The standard InChI is InChI=1S/C15H20N6O6S/c1-27-11-7-10(21(22)23)12(28(24,25)26)8-9(11)20-14(17)18-13(16)19-15(20)5-3-2-4-6-15/h7-8H,2-6H2,1H3,(H,24,25,26)(H4,16,17,18,19). The van der Waals surface area contributed by atoms with Crippen molar-refractivity contribution in [2.75, 3.05) is 12.0 Å². The molecule has 2 aliphatic rings. The van der Waals surface area contributed by atoms with Gasteiger partial charge in [-0.1, -0.05) is 6.42 Å². The Morgan fingerprint density at radius 3 is 2.46 bits per heavy atom. The fourth-order valence-corrected chi connectivity index (χ4v) is 4.35. The lowest BCUT2D eigenvalue weighted by molar-refractivity contribution is -0.387. The van der Waals surface area contributed by atoms with Gasteiger partial charge in [-0.05, 0) is 31.7 Å². The van der Waals surface area contributed by atoms with Crippen LogP contribution in [0.25, 0.3) is 0 Å². The summed E-state index contributed by atoms with van der Waals surface area (Å²) in [5.41, 5.74) is 10.2. The maximum Gasteiger partial charge on any atom is 0.301 e. The average molecular weight is 412 g/mol. The van der Waals surface area contributed by atoms with Crippen molar-refractivity contribution >= 4 is 33.4 Å². The number of hydrogen-bond acceptors (Lipinski definition) is 10. The van der Waals surface area contributed by atoms with Gasteiger partial charge in [-0.2, -0.15) is 13.4 Å². The van der Waals surface area contributed by atoms with Gasteiger partial charge >= 0.3 is 10.1 Å². The van der Waals surface area contributed by atoms with Crippen molar-refractivity contribution in [2.24, 2.45) is 21.5 Å². The van der Waals surface area contributed by atoms with E-state index in [2.05, 4.69) is 9.98 Å². The molecule has 152 valence electrons. The van der Waals surface area contributed by atoms with E-state index in [1.807, 2.05) is 0 Å². The minimum atomic E-state index is -4.90. The average Bonchev–Trinajstić information content (AvgIpc) is 2.60. The largest absolute Gasteiger partial charge is 0.494 e. The van der Waals surface area contributed by atoms with Crippen molar-refractivity contribution in [1.82, 2.24) is 0 Å². The second-order valence-corrected chi connectivity index (χ2v) is 7.93. The van der Waals surface area contributed by atoms with Crippen LogP contribution in [-0.4, -0.2) is 42.6 Å². The highest BCUT2D eigenvalue weighted by Crippen LogP contribution is 2.45. The van der Waals surface area contributed by atoms with E-state index in [4.69, 9.17) is 16.2 Å². The Hall–Kier alpha value is -2.93. The highest BCUT2D eigenvalue weighted by molar-refractivity contribution is 7.86. The van der Waals surface area contributed by atoms with Gasteiger partial charge in [-0.25, -0.2) is 4.99 Å². The molecule has 1 aromatic rings. The topological polar surface area (TPSA) is 187 Å². The lowest BCUT2D eigenvalue weighted by Gasteiger charge is -2.45. The van der Waals surface area contributed by atoms with Gasteiger partial charge in [-0.3, -0.25) is 19.6 Å². The molecule has 3 rings (SSSR count). The number of nitro groups is 1. The van der Waals surface area contributed by atoms with Gasteiger partial charge in [0.05, 0.1) is 23.8 Å². The third-order valence-corrected chi connectivity index (χ3v) is 5.71. The summed E-state index contributed by atoms with van der Waals surface area (Å²) in [4.78, 5) is 19.4. The first-order valence-electron chi connectivity index (χ1n) is 8.43. The van der Waals surface area contributed by atoms with E-state index < -0.39 is 31.3 Å². The Morgan fingerprint density at radius 2 is 1.93 bits per heavy atom. The van der Waals surface area contributed by atoms with Crippen LogP contribution in [0.5, 0.6) is 5.75 Å². The van der Waals surface area contributed by atoms with Crippen LogP contribution >= 0.6 is 0 Å². The lowest BCUT2D eigenvalue weighted by Crippen LogP contribution is -2.58. The molecule has 13 heteroatoms. The van der Waals surface area contributed by atoms with E-state index in [1.54, 1.807) is 0 Å². The quantitative estimate of drug-likeness (QED) is 0.367. The molecule has 1 aliphatic carbocycles. The zero-order valence-corrected chi connectivity index (χ0v) is 15.8. The van der Waals surface area contributed by atoms with Crippen molar-refractivity contribution in [2.45, 2.75) is 42.7 Å². The number of ether oxygens (including phenoxy) is 1. The Labute approximate surface area is 160 Å². The summed E-state index contributed by atoms with van der Waals surface area (Å²) in [6, 6.07) is 1.87. The lowest BCUT2D eigenvalue weighted by atomic mass is 9.87. The van der Waals surface area contributed by atoms with Gasteiger partial charge in [0, 0.05) is 0 Å². The zero-order chi connectivity index (χ0) is 20.7. The van der Waals surface area contributed by atoms with Crippen molar-refractivity contribution in [3.63, 3.8) is 0 Å². The second kappa shape index (κ2) is 6.91. The molecule has 0 aromatic heterocycles. The first kappa shape index (κ1) is 19.8. The van der Waals surface area contributed by atoms with E-state index in [0.29, 0.717) is 12.8 Å². The summed E-state index contributed by atoms with van der Waals surface area (Å²) in [6.45, 7) is 0. The van der Waals surface area contributed by atoms with E-state index in [1.165, 1.54) is 12.0 Å². The molecule has 0 unspecified atom stereocenters. The predicted molar refractivity (Wildman–Crippen MR) is 101 cm³/mol. The molecule has 0 atom stereocenters. The third kappa shape index (κ3) is 3.33. The molecule has 0 saturated heterocycles. The summed E-state index contributed by atoms with van der Waals surface area (Å²) in [6.07, 6.45) is 3.74. The van der Waals surface area contributed by atoms with Crippen LogP contribution in [0.1, 0.15) is 32.1 Å². The summed E-state index contributed by atoms with van der Waals surface area (Å²) in [7, 11) is -3.62. The van der Waals surface area contributed by atoms with Crippen LogP contribution < -0.4 is 21.1 Å². The maximum atomic E-state index is 11.8. The van der Waals surface area contributed by atoms with Crippen LogP contribution in [0.4, 0.5) is 11.4 Å². The van der Waals surface area contributed by atoms with Gasteiger partial charge in [0.15, 0.2) is 4.90 Å². The fraction of sp³-hybridized carbons (Fsp3) is 0.467. The number of benzene rings is 1. The fourth-order valence-electron chi connectivity index (χ4n) is 3.70. The molecular formula is C15H20N6O6S. The molecule has 1 spiro atoms. The van der Waals surface area contributed by atoms with E-state index in [0.717, 1.165) is 31.4 Å². The Balaban J connectivity index is 2.29. The molecule has 0 bridgehead atoms. The van der Waals surface area contributed by atoms with Gasteiger partial charge in [-0.15, -0.1) is 0 Å². The number of nitro benzene ring substituents is 1. The number of anilines is 1. The van der Waals surface area contributed by atoms with Crippen LogP contribution in [0.2, 0.25) is 0 Å². The maximum absolute atomic E-state index is 11.8. The molecule has 5 N–H and O–H groups in total. The van der Waals surface area contributed by atoms with E-state index in [9.17, 15) is 23.1 Å². The Kier molecular flexibility index (Phi) is 4.89. The van der Waals surface area contributed by atoms with Crippen LogP contribution in [-0.2, 0) is 10.1 Å².